The summed E-state index contributed by atoms with van der Waals surface area (Å²) in [6.45, 7) is 3.52. The molecule has 2 nitrogen and oxygen atoms in total. The molecule has 0 aliphatic rings. The van der Waals surface area contributed by atoms with E-state index in [-0.39, 0.29) is 0 Å². The van der Waals surface area contributed by atoms with Crippen LogP contribution in [-0.2, 0) is 6.54 Å². The standard InChI is InChI=1S/C16H17F2NO/c1-12-3-2-4-16(7-12)20-6-5-19-11-13-8-14(17)10-15(18)9-13/h2-4,7-10,19H,5-6,11H2,1H3. The van der Waals surface area contributed by atoms with E-state index in [4.69, 9.17) is 4.74 Å². The number of aryl methyl sites for hydroxylation is 1. The molecule has 0 amide bonds. The zero-order valence-electron chi connectivity index (χ0n) is 11.3. The lowest BCUT2D eigenvalue weighted by Gasteiger charge is -2.08. The fourth-order valence-electron chi connectivity index (χ4n) is 1.89. The number of nitrogens with one attached hydrogen (secondary N) is 1. The van der Waals surface area contributed by atoms with Crippen LogP contribution in [0.3, 0.4) is 0 Å². The molecule has 0 unspecified atom stereocenters. The minimum Gasteiger partial charge on any atom is -0.492 e. The lowest BCUT2D eigenvalue weighted by atomic mass is 10.2. The average molecular weight is 277 g/mol. The Labute approximate surface area is 117 Å². The Bertz CT molecular complexity index is 552. The van der Waals surface area contributed by atoms with Gasteiger partial charge in [0.2, 0.25) is 0 Å². The maximum Gasteiger partial charge on any atom is 0.126 e. The van der Waals surface area contributed by atoms with Crippen molar-refractivity contribution >= 4 is 0 Å². The molecule has 0 atom stereocenters. The van der Waals surface area contributed by atoms with Crippen molar-refractivity contribution in [2.45, 2.75) is 13.5 Å². The van der Waals surface area contributed by atoms with Gasteiger partial charge in [0.15, 0.2) is 0 Å². The van der Waals surface area contributed by atoms with E-state index in [1.807, 2.05) is 31.2 Å². The zero-order chi connectivity index (χ0) is 14.4. The molecule has 0 spiro atoms. The molecule has 0 saturated carbocycles. The lowest BCUT2D eigenvalue weighted by Crippen LogP contribution is -2.20. The van der Waals surface area contributed by atoms with Crippen molar-refractivity contribution in [3.8, 4) is 5.75 Å². The van der Waals surface area contributed by atoms with Crippen molar-refractivity contribution < 1.29 is 13.5 Å². The van der Waals surface area contributed by atoms with Crippen molar-refractivity contribution in [1.29, 1.82) is 0 Å². The topological polar surface area (TPSA) is 21.3 Å². The summed E-state index contributed by atoms with van der Waals surface area (Å²) in [6, 6.07) is 11.3. The smallest absolute Gasteiger partial charge is 0.126 e. The zero-order valence-corrected chi connectivity index (χ0v) is 11.3. The minimum absolute atomic E-state index is 0.409. The fourth-order valence-corrected chi connectivity index (χ4v) is 1.89. The van der Waals surface area contributed by atoms with Crippen LogP contribution in [0.25, 0.3) is 0 Å². The average Bonchev–Trinajstić information content (AvgIpc) is 2.37. The third kappa shape index (κ3) is 4.63. The summed E-state index contributed by atoms with van der Waals surface area (Å²) in [5, 5.41) is 3.08. The van der Waals surface area contributed by atoms with Gasteiger partial charge in [-0.2, -0.15) is 0 Å². The highest BCUT2D eigenvalue weighted by molar-refractivity contribution is 5.27. The Morgan fingerprint density at radius 1 is 1.05 bits per heavy atom. The predicted molar refractivity (Wildman–Crippen MR) is 74.7 cm³/mol. The van der Waals surface area contributed by atoms with Gasteiger partial charge in [0.05, 0.1) is 0 Å². The molecule has 2 aromatic carbocycles. The summed E-state index contributed by atoms with van der Waals surface area (Å²) in [5.74, 6) is -0.292. The second-order valence-corrected chi connectivity index (χ2v) is 4.62. The second kappa shape index (κ2) is 7.01. The first-order valence-corrected chi connectivity index (χ1v) is 6.48. The molecule has 0 fully saturated rings. The van der Waals surface area contributed by atoms with Crippen LogP contribution < -0.4 is 10.1 Å². The Morgan fingerprint density at radius 3 is 2.50 bits per heavy atom. The fraction of sp³-hybridized carbons (Fsp3) is 0.250. The van der Waals surface area contributed by atoms with Crippen LogP contribution in [-0.4, -0.2) is 13.2 Å². The molecular weight excluding hydrogens is 260 g/mol. The molecule has 0 saturated heterocycles. The van der Waals surface area contributed by atoms with Gasteiger partial charge < -0.3 is 10.1 Å². The van der Waals surface area contributed by atoms with Crippen LogP contribution >= 0.6 is 0 Å². The van der Waals surface area contributed by atoms with E-state index in [1.54, 1.807) is 0 Å². The third-order valence-electron chi connectivity index (χ3n) is 2.79. The number of rotatable bonds is 6. The molecule has 0 bridgehead atoms. The van der Waals surface area contributed by atoms with Gasteiger partial charge in [-0.15, -0.1) is 0 Å². The predicted octanol–water partition coefficient (Wildman–Crippen LogP) is 3.44. The number of hydrogen-bond donors (Lipinski definition) is 1. The number of hydrogen-bond acceptors (Lipinski definition) is 2. The van der Waals surface area contributed by atoms with Gasteiger partial charge in [0.1, 0.15) is 24.0 Å². The van der Waals surface area contributed by atoms with Gasteiger partial charge in [-0.3, -0.25) is 0 Å². The number of ether oxygens (including phenoxy) is 1. The van der Waals surface area contributed by atoms with E-state index in [2.05, 4.69) is 5.32 Å². The van der Waals surface area contributed by atoms with Crippen molar-refractivity contribution in [1.82, 2.24) is 5.32 Å². The highest BCUT2D eigenvalue weighted by atomic mass is 19.1. The van der Waals surface area contributed by atoms with Crippen molar-refractivity contribution in [2.24, 2.45) is 0 Å². The van der Waals surface area contributed by atoms with E-state index < -0.39 is 11.6 Å². The molecule has 0 aromatic heterocycles. The Kier molecular flexibility index (Phi) is 5.07. The normalized spacial score (nSPS) is 10.6. The van der Waals surface area contributed by atoms with Crippen molar-refractivity contribution in [3.05, 3.63) is 65.2 Å². The lowest BCUT2D eigenvalue weighted by molar-refractivity contribution is 0.313. The van der Waals surface area contributed by atoms with Crippen LogP contribution in [0.4, 0.5) is 8.78 Å². The van der Waals surface area contributed by atoms with Gasteiger partial charge in [-0.25, -0.2) is 8.78 Å². The first kappa shape index (κ1) is 14.5. The Morgan fingerprint density at radius 2 is 1.80 bits per heavy atom. The highest BCUT2D eigenvalue weighted by Gasteiger charge is 2.00. The van der Waals surface area contributed by atoms with Crippen LogP contribution in [0.2, 0.25) is 0 Å². The molecular formula is C16H17F2NO. The van der Waals surface area contributed by atoms with Crippen molar-refractivity contribution in [2.75, 3.05) is 13.2 Å². The monoisotopic (exact) mass is 277 g/mol. The van der Waals surface area contributed by atoms with Crippen LogP contribution in [0, 0.1) is 18.6 Å². The molecule has 1 N–H and O–H groups in total. The third-order valence-corrected chi connectivity index (χ3v) is 2.79. The van der Waals surface area contributed by atoms with Crippen LogP contribution in [0.5, 0.6) is 5.75 Å². The summed E-state index contributed by atoms with van der Waals surface area (Å²) in [4.78, 5) is 0. The molecule has 2 aromatic rings. The number of benzene rings is 2. The molecule has 4 heteroatoms. The SMILES string of the molecule is Cc1cccc(OCCNCc2cc(F)cc(F)c2)c1. The van der Waals surface area contributed by atoms with E-state index in [0.29, 0.717) is 25.3 Å². The number of halogens is 2. The van der Waals surface area contributed by atoms with Crippen LogP contribution in [0.1, 0.15) is 11.1 Å². The molecule has 0 heterocycles. The maximum atomic E-state index is 13.0. The maximum absolute atomic E-state index is 13.0. The quantitative estimate of drug-likeness (QED) is 0.817. The molecule has 20 heavy (non-hydrogen) atoms. The van der Waals surface area contributed by atoms with E-state index in [9.17, 15) is 8.78 Å². The molecule has 0 aliphatic carbocycles. The summed E-state index contributed by atoms with van der Waals surface area (Å²) >= 11 is 0. The molecule has 0 radical (unpaired) electrons. The van der Waals surface area contributed by atoms with E-state index in [0.717, 1.165) is 17.4 Å². The van der Waals surface area contributed by atoms with Crippen molar-refractivity contribution in [3.63, 3.8) is 0 Å². The Hall–Kier alpha value is -1.94. The highest BCUT2D eigenvalue weighted by Crippen LogP contribution is 2.12. The van der Waals surface area contributed by atoms with Gasteiger partial charge in [-0.05, 0) is 42.3 Å². The minimum atomic E-state index is -0.558. The summed E-state index contributed by atoms with van der Waals surface area (Å²) in [5.41, 5.74) is 1.73. The first-order chi connectivity index (χ1) is 9.63. The van der Waals surface area contributed by atoms with Gasteiger partial charge >= 0.3 is 0 Å². The largest absolute Gasteiger partial charge is 0.492 e. The Balaban J connectivity index is 1.71. The summed E-state index contributed by atoms with van der Waals surface area (Å²) < 4.78 is 31.5. The molecule has 0 aliphatic heterocycles. The van der Waals surface area contributed by atoms with E-state index >= 15 is 0 Å². The second-order valence-electron chi connectivity index (χ2n) is 4.62. The van der Waals surface area contributed by atoms with Gasteiger partial charge in [0, 0.05) is 19.2 Å². The van der Waals surface area contributed by atoms with Crippen LogP contribution in [0.15, 0.2) is 42.5 Å². The summed E-state index contributed by atoms with van der Waals surface area (Å²) in [7, 11) is 0. The molecule has 106 valence electrons. The first-order valence-electron chi connectivity index (χ1n) is 6.48. The van der Waals surface area contributed by atoms with E-state index in [1.165, 1.54) is 12.1 Å². The summed E-state index contributed by atoms with van der Waals surface area (Å²) in [6.07, 6.45) is 0. The van der Waals surface area contributed by atoms with Gasteiger partial charge in [-0.1, -0.05) is 12.1 Å². The molecule has 2 rings (SSSR count). The van der Waals surface area contributed by atoms with Gasteiger partial charge in [0.25, 0.3) is 0 Å².